The van der Waals surface area contributed by atoms with Gasteiger partial charge in [0.05, 0.1) is 13.7 Å². The summed E-state index contributed by atoms with van der Waals surface area (Å²) in [5, 5.41) is 0. The molecular weight excluding hydrogens is 221 g/mol. The van der Waals surface area contributed by atoms with E-state index in [0.29, 0.717) is 6.54 Å². The predicted octanol–water partition coefficient (Wildman–Crippen LogP) is 2.13. The summed E-state index contributed by atoms with van der Waals surface area (Å²) in [5.41, 5.74) is 1.92. The molecule has 0 aliphatic carbocycles. The Morgan fingerprint density at radius 1 is 1.47 bits per heavy atom. The highest BCUT2D eigenvalue weighted by molar-refractivity contribution is 5.71. The first kappa shape index (κ1) is 13.6. The highest BCUT2D eigenvalue weighted by Crippen LogP contribution is 2.12. The Balaban J connectivity index is 2.70. The van der Waals surface area contributed by atoms with Crippen molar-refractivity contribution in [1.82, 2.24) is 4.90 Å². The molecule has 0 atom stereocenters. The summed E-state index contributed by atoms with van der Waals surface area (Å²) in [6.07, 6.45) is 0. The van der Waals surface area contributed by atoms with Crippen LogP contribution in [0.25, 0.3) is 0 Å². The second-order valence-electron chi connectivity index (χ2n) is 3.95. The molecule has 0 heterocycles. The molecular formula is C13H18FNO2. The number of nitrogens with zero attached hydrogens (tertiary/aromatic N) is 1. The summed E-state index contributed by atoms with van der Waals surface area (Å²) in [6, 6.07) is 4.69. The summed E-state index contributed by atoms with van der Waals surface area (Å²) in [7, 11) is 1.37. The average molecular weight is 239 g/mol. The molecule has 1 aromatic rings. The van der Waals surface area contributed by atoms with E-state index in [1.165, 1.54) is 19.2 Å². The molecule has 0 spiro atoms. The van der Waals surface area contributed by atoms with E-state index in [0.717, 1.165) is 17.7 Å². The minimum atomic E-state index is -0.258. The zero-order valence-corrected chi connectivity index (χ0v) is 10.5. The minimum Gasteiger partial charge on any atom is -0.468 e. The van der Waals surface area contributed by atoms with E-state index in [9.17, 15) is 9.18 Å². The average Bonchev–Trinajstić information content (AvgIpc) is 2.31. The van der Waals surface area contributed by atoms with Crippen LogP contribution in [0.3, 0.4) is 0 Å². The largest absolute Gasteiger partial charge is 0.468 e. The second-order valence-corrected chi connectivity index (χ2v) is 3.95. The van der Waals surface area contributed by atoms with E-state index >= 15 is 0 Å². The number of ether oxygens (including phenoxy) is 1. The number of benzene rings is 1. The van der Waals surface area contributed by atoms with Crippen molar-refractivity contribution in [3.8, 4) is 0 Å². The SMILES string of the molecule is CCN(CC(=O)OC)Cc1ccc(F)cc1C. The lowest BCUT2D eigenvalue weighted by atomic mass is 10.1. The summed E-state index contributed by atoms with van der Waals surface area (Å²) >= 11 is 0. The van der Waals surface area contributed by atoms with E-state index in [1.807, 2.05) is 18.7 Å². The maximum atomic E-state index is 12.9. The number of likely N-dealkylation sites (N-methyl/N-ethyl adjacent to an activating group) is 1. The van der Waals surface area contributed by atoms with Gasteiger partial charge >= 0.3 is 5.97 Å². The normalized spacial score (nSPS) is 10.6. The molecule has 0 saturated heterocycles. The summed E-state index contributed by atoms with van der Waals surface area (Å²) in [5.74, 6) is -0.492. The zero-order chi connectivity index (χ0) is 12.8. The Kier molecular flexibility index (Phi) is 5.10. The van der Waals surface area contributed by atoms with Crippen LogP contribution in [-0.4, -0.2) is 31.1 Å². The third-order valence-electron chi connectivity index (χ3n) is 2.73. The van der Waals surface area contributed by atoms with Gasteiger partial charge in [0.15, 0.2) is 0 Å². The molecule has 0 fully saturated rings. The van der Waals surface area contributed by atoms with Crippen molar-refractivity contribution in [3.05, 3.63) is 35.1 Å². The Morgan fingerprint density at radius 3 is 2.71 bits per heavy atom. The van der Waals surface area contributed by atoms with E-state index in [2.05, 4.69) is 4.74 Å². The van der Waals surface area contributed by atoms with Crippen molar-refractivity contribution in [2.45, 2.75) is 20.4 Å². The van der Waals surface area contributed by atoms with Gasteiger partial charge in [0.25, 0.3) is 0 Å². The van der Waals surface area contributed by atoms with Crippen LogP contribution in [-0.2, 0) is 16.1 Å². The van der Waals surface area contributed by atoms with Crippen LogP contribution < -0.4 is 0 Å². The van der Waals surface area contributed by atoms with Gasteiger partial charge in [-0.25, -0.2) is 4.39 Å². The summed E-state index contributed by atoms with van der Waals surface area (Å²) in [6.45, 7) is 5.46. The third kappa shape index (κ3) is 4.15. The van der Waals surface area contributed by atoms with Crippen molar-refractivity contribution in [2.24, 2.45) is 0 Å². The number of hydrogen-bond donors (Lipinski definition) is 0. The molecule has 4 heteroatoms. The van der Waals surface area contributed by atoms with Gasteiger partial charge in [-0.05, 0) is 36.7 Å². The number of esters is 1. The first-order valence-corrected chi connectivity index (χ1v) is 5.61. The number of hydrogen-bond acceptors (Lipinski definition) is 3. The molecule has 3 nitrogen and oxygen atoms in total. The van der Waals surface area contributed by atoms with E-state index < -0.39 is 0 Å². The Bertz CT molecular complexity index is 393. The minimum absolute atomic E-state index is 0.234. The van der Waals surface area contributed by atoms with Crippen molar-refractivity contribution < 1.29 is 13.9 Å². The number of aryl methyl sites for hydroxylation is 1. The molecule has 1 aromatic carbocycles. The number of halogens is 1. The molecule has 0 amide bonds. The molecule has 0 saturated carbocycles. The van der Waals surface area contributed by atoms with Crippen molar-refractivity contribution in [2.75, 3.05) is 20.2 Å². The Morgan fingerprint density at radius 2 is 2.18 bits per heavy atom. The molecule has 17 heavy (non-hydrogen) atoms. The number of carbonyl (C=O) groups is 1. The maximum absolute atomic E-state index is 12.9. The van der Waals surface area contributed by atoms with Crippen LogP contribution in [0.4, 0.5) is 4.39 Å². The fraction of sp³-hybridized carbons (Fsp3) is 0.462. The number of carbonyl (C=O) groups excluding carboxylic acids is 1. The quantitative estimate of drug-likeness (QED) is 0.737. The van der Waals surface area contributed by atoms with Gasteiger partial charge in [-0.1, -0.05) is 13.0 Å². The maximum Gasteiger partial charge on any atom is 0.319 e. The molecule has 0 unspecified atom stereocenters. The zero-order valence-electron chi connectivity index (χ0n) is 10.5. The van der Waals surface area contributed by atoms with E-state index in [1.54, 1.807) is 6.07 Å². The lowest BCUT2D eigenvalue weighted by Gasteiger charge is -2.20. The van der Waals surface area contributed by atoms with Crippen LogP contribution in [0.2, 0.25) is 0 Å². The molecule has 0 radical (unpaired) electrons. The van der Waals surface area contributed by atoms with Gasteiger partial charge in [-0.2, -0.15) is 0 Å². The van der Waals surface area contributed by atoms with Gasteiger partial charge in [0.1, 0.15) is 5.82 Å². The van der Waals surface area contributed by atoms with Gasteiger partial charge in [0, 0.05) is 6.54 Å². The lowest BCUT2D eigenvalue weighted by molar-refractivity contribution is -0.142. The molecule has 0 aromatic heterocycles. The molecule has 1 rings (SSSR count). The van der Waals surface area contributed by atoms with Gasteiger partial charge in [-0.3, -0.25) is 9.69 Å². The van der Waals surface area contributed by atoms with Crippen LogP contribution in [0.15, 0.2) is 18.2 Å². The molecule has 0 aliphatic heterocycles. The fourth-order valence-corrected chi connectivity index (χ4v) is 1.60. The van der Waals surface area contributed by atoms with Gasteiger partial charge in [0.2, 0.25) is 0 Å². The van der Waals surface area contributed by atoms with Crippen molar-refractivity contribution in [3.63, 3.8) is 0 Å². The van der Waals surface area contributed by atoms with Crippen LogP contribution in [0.1, 0.15) is 18.1 Å². The molecule has 94 valence electrons. The van der Waals surface area contributed by atoms with Crippen molar-refractivity contribution >= 4 is 5.97 Å². The van der Waals surface area contributed by atoms with Gasteiger partial charge < -0.3 is 4.74 Å². The number of rotatable bonds is 5. The molecule has 0 bridgehead atoms. The predicted molar refractivity (Wildman–Crippen MR) is 64.1 cm³/mol. The number of methoxy groups -OCH3 is 1. The summed E-state index contributed by atoms with van der Waals surface area (Å²) < 4.78 is 17.6. The fourth-order valence-electron chi connectivity index (χ4n) is 1.60. The first-order valence-electron chi connectivity index (χ1n) is 5.61. The monoisotopic (exact) mass is 239 g/mol. The van der Waals surface area contributed by atoms with Gasteiger partial charge in [-0.15, -0.1) is 0 Å². The van der Waals surface area contributed by atoms with E-state index in [-0.39, 0.29) is 18.3 Å². The van der Waals surface area contributed by atoms with E-state index in [4.69, 9.17) is 0 Å². The third-order valence-corrected chi connectivity index (χ3v) is 2.73. The lowest BCUT2D eigenvalue weighted by Crippen LogP contribution is -2.30. The van der Waals surface area contributed by atoms with Crippen LogP contribution >= 0.6 is 0 Å². The molecule has 0 aliphatic rings. The smallest absolute Gasteiger partial charge is 0.319 e. The molecule has 0 N–H and O–H groups in total. The summed E-state index contributed by atoms with van der Waals surface area (Å²) in [4.78, 5) is 13.1. The van der Waals surface area contributed by atoms with Crippen molar-refractivity contribution in [1.29, 1.82) is 0 Å². The Labute approximate surface area is 101 Å². The second kappa shape index (κ2) is 6.35. The van der Waals surface area contributed by atoms with Crippen LogP contribution in [0.5, 0.6) is 0 Å². The highest BCUT2D eigenvalue weighted by atomic mass is 19.1. The topological polar surface area (TPSA) is 29.5 Å². The first-order chi connectivity index (χ1) is 8.06. The standard InChI is InChI=1S/C13H18FNO2/c1-4-15(9-13(16)17-3)8-11-5-6-12(14)7-10(11)2/h5-7H,4,8-9H2,1-3H3. The Hall–Kier alpha value is -1.42. The van der Waals surface area contributed by atoms with Crippen LogP contribution in [0, 0.1) is 12.7 Å². The highest BCUT2D eigenvalue weighted by Gasteiger charge is 2.11.